The van der Waals surface area contributed by atoms with Crippen molar-refractivity contribution in [2.75, 3.05) is 5.32 Å². The van der Waals surface area contributed by atoms with E-state index >= 15 is 0 Å². The zero-order valence-electron chi connectivity index (χ0n) is 14.7. The molecular weight excluding hydrogens is 372 g/mol. The van der Waals surface area contributed by atoms with Crippen LogP contribution in [0.5, 0.6) is 0 Å². The average Bonchev–Trinajstić information content (AvgIpc) is 3.28. The predicted octanol–water partition coefficient (Wildman–Crippen LogP) is 2.90. The number of carbonyl (C=O) groups excluding carboxylic acids is 1. The summed E-state index contributed by atoms with van der Waals surface area (Å²) in [4.78, 5) is 31.9. The molecule has 1 atom stereocenters. The number of rotatable bonds is 4. The number of nitrogens with one attached hydrogen (secondary N) is 1. The molecular formula is C17H18N4O3S2. The highest BCUT2D eigenvalue weighted by atomic mass is 32.2. The summed E-state index contributed by atoms with van der Waals surface area (Å²) in [7, 11) is 1.71. The number of amides is 1. The number of aryl methyl sites for hydroxylation is 3. The van der Waals surface area contributed by atoms with Crippen LogP contribution in [-0.4, -0.2) is 25.9 Å². The molecule has 1 aliphatic carbocycles. The number of thioether (sulfide) groups is 1. The maximum absolute atomic E-state index is 12.8. The van der Waals surface area contributed by atoms with Gasteiger partial charge in [0.25, 0.3) is 5.56 Å². The summed E-state index contributed by atoms with van der Waals surface area (Å²) in [5.41, 5.74) is 1.83. The van der Waals surface area contributed by atoms with E-state index in [0.29, 0.717) is 16.7 Å². The number of carbonyl (C=O) groups is 1. The van der Waals surface area contributed by atoms with Gasteiger partial charge in [0.05, 0.1) is 16.3 Å². The van der Waals surface area contributed by atoms with Crippen LogP contribution >= 0.6 is 23.1 Å². The number of hydrogen-bond acceptors (Lipinski definition) is 7. The van der Waals surface area contributed by atoms with Gasteiger partial charge in [-0.05, 0) is 38.7 Å². The Morgan fingerprint density at radius 1 is 1.46 bits per heavy atom. The minimum Gasteiger partial charge on any atom is -0.338 e. The Bertz CT molecular complexity index is 1070. The first-order valence-electron chi connectivity index (χ1n) is 8.36. The fraction of sp³-hybridized carbons (Fsp3) is 0.412. The van der Waals surface area contributed by atoms with Gasteiger partial charge in [0.1, 0.15) is 4.83 Å². The van der Waals surface area contributed by atoms with Crippen molar-refractivity contribution in [3.8, 4) is 0 Å². The lowest BCUT2D eigenvalue weighted by molar-refractivity contribution is -0.115. The van der Waals surface area contributed by atoms with Crippen LogP contribution in [-0.2, 0) is 24.7 Å². The number of nitrogens with zero attached hydrogens (tertiary/aromatic N) is 3. The van der Waals surface area contributed by atoms with Gasteiger partial charge >= 0.3 is 0 Å². The van der Waals surface area contributed by atoms with Crippen LogP contribution in [0.3, 0.4) is 0 Å². The van der Waals surface area contributed by atoms with E-state index in [-0.39, 0.29) is 11.5 Å². The second-order valence-corrected chi connectivity index (χ2v) is 8.77. The molecule has 3 aromatic heterocycles. The Hall–Kier alpha value is -2.13. The highest BCUT2D eigenvalue weighted by Crippen LogP contribution is 2.35. The monoisotopic (exact) mass is 390 g/mol. The van der Waals surface area contributed by atoms with E-state index in [1.54, 1.807) is 42.9 Å². The molecule has 26 heavy (non-hydrogen) atoms. The summed E-state index contributed by atoms with van der Waals surface area (Å²) in [5.74, 6) is 0.0844. The lowest BCUT2D eigenvalue weighted by atomic mass is 10.2. The zero-order chi connectivity index (χ0) is 18.4. The van der Waals surface area contributed by atoms with Gasteiger partial charge in [-0.25, -0.2) is 4.98 Å². The molecule has 0 radical (unpaired) electrons. The second-order valence-electron chi connectivity index (χ2n) is 6.38. The zero-order valence-corrected chi connectivity index (χ0v) is 16.3. The Balaban J connectivity index is 1.59. The molecule has 7 nitrogen and oxygen atoms in total. The number of aromatic nitrogens is 3. The number of anilines is 1. The summed E-state index contributed by atoms with van der Waals surface area (Å²) >= 11 is 2.86. The van der Waals surface area contributed by atoms with E-state index in [9.17, 15) is 9.59 Å². The third kappa shape index (κ3) is 2.95. The predicted molar refractivity (Wildman–Crippen MR) is 102 cm³/mol. The van der Waals surface area contributed by atoms with Crippen molar-refractivity contribution in [3.05, 3.63) is 32.6 Å². The van der Waals surface area contributed by atoms with Gasteiger partial charge in [-0.1, -0.05) is 16.9 Å². The van der Waals surface area contributed by atoms with Crippen LogP contribution in [0.25, 0.3) is 10.2 Å². The SMILES string of the molecule is Cc1cc(NC(=O)C(C)Sc2nc3sc4c(c3c(=O)n2C)CCC4)on1. The third-order valence-corrected chi connectivity index (χ3v) is 6.76. The third-order valence-electron chi connectivity index (χ3n) is 4.43. The fourth-order valence-corrected chi connectivity index (χ4v) is 5.25. The standard InChI is InChI=1S/C17H18N4O3S2/c1-8-7-12(24-20-8)18-14(22)9(2)25-17-19-15-13(16(23)21(17)3)10-5-4-6-11(10)26-15/h7,9H,4-6H2,1-3H3,(H,18,22). The highest BCUT2D eigenvalue weighted by Gasteiger charge is 2.24. The van der Waals surface area contributed by atoms with Crippen LogP contribution in [0.1, 0.15) is 29.5 Å². The number of thiophene rings is 1. The average molecular weight is 390 g/mol. The summed E-state index contributed by atoms with van der Waals surface area (Å²) in [5, 5.41) is 7.28. The topological polar surface area (TPSA) is 90.0 Å². The molecule has 9 heteroatoms. The van der Waals surface area contributed by atoms with Crippen LogP contribution < -0.4 is 10.9 Å². The molecule has 0 aromatic carbocycles. The smallest absolute Gasteiger partial charge is 0.262 e. The molecule has 0 saturated carbocycles. The summed E-state index contributed by atoms with van der Waals surface area (Å²) < 4.78 is 6.55. The molecule has 3 heterocycles. The summed E-state index contributed by atoms with van der Waals surface area (Å²) in [6, 6.07) is 1.66. The molecule has 1 unspecified atom stereocenters. The van der Waals surface area contributed by atoms with E-state index in [0.717, 1.165) is 29.5 Å². The quantitative estimate of drug-likeness (QED) is 0.544. The van der Waals surface area contributed by atoms with Gasteiger partial charge < -0.3 is 4.52 Å². The highest BCUT2D eigenvalue weighted by molar-refractivity contribution is 8.00. The molecule has 0 aliphatic heterocycles. The van der Waals surface area contributed by atoms with Crippen molar-refractivity contribution < 1.29 is 9.32 Å². The summed E-state index contributed by atoms with van der Waals surface area (Å²) in [6.07, 6.45) is 3.08. The molecule has 0 saturated heterocycles. The van der Waals surface area contributed by atoms with Crippen molar-refractivity contribution in [2.45, 2.75) is 43.5 Å². The maximum Gasteiger partial charge on any atom is 0.262 e. The molecule has 1 amide bonds. The number of fused-ring (bicyclic) bond motifs is 3. The van der Waals surface area contributed by atoms with Gasteiger partial charge in [-0.15, -0.1) is 11.3 Å². The van der Waals surface area contributed by atoms with Crippen molar-refractivity contribution in [3.63, 3.8) is 0 Å². The Labute approximate surface area is 157 Å². The molecule has 136 valence electrons. The lowest BCUT2D eigenvalue weighted by Gasteiger charge is -2.12. The molecule has 0 spiro atoms. The maximum atomic E-state index is 12.8. The first-order chi connectivity index (χ1) is 12.4. The Morgan fingerprint density at radius 3 is 3.00 bits per heavy atom. The van der Waals surface area contributed by atoms with Gasteiger partial charge in [0, 0.05) is 18.0 Å². The Morgan fingerprint density at radius 2 is 2.27 bits per heavy atom. The van der Waals surface area contributed by atoms with Crippen molar-refractivity contribution in [2.24, 2.45) is 7.05 Å². The fourth-order valence-electron chi connectivity index (χ4n) is 3.07. The van der Waals surface area contributed by atoms with Crippen LogP contribution in [0.4, 0.5) is 5.88 Å². The van der Waals surface area contributed by atoms with E-state index in [1.807, 2.05) is 0 Å². The lowest BCUT2D eigenvalue weighted by Crippen LogP contribution is -2.25. The van der Waals surface area contributed by atoms with E-state index in [4.69, 9.17) is 4.52 Å². The van der Waals surface area contributed by atoms with E-state index in [2.05, 4.69) is 15.5 Å². The second kappa shape index (κ2) is 6.55. The van der Waals surface area contributed by atoms with Gasteiger partial charge in [0.2, 0.25) is 11.8 Å². The Kier molecular flexibility index (Phi) is 4.36. The van der Waals surface area contributed by atoms with Gasteiger partial charge in [-0.2, -0.15) is 0 Å². The van der Waals surface area contributed by atoms with E-state index in [1.165, 1.54) is 22.2 Å². The van der Waals surface area contributed by atoms with Crippen LogP contribution in [0.2, 0.25) is 0 Å². The number of hydrogen-bond donors (Lipinski definition) is 1. The van der Waals surface area contributed by atoms with Crippen LogP contribution in [0.15, 0.2) is 20.5 Å². The molecule has 0 bridgehead atoms. The summed E-state index contributed by atoms with van der Waals surface area (Å²) in [6.45, 7) is 3.55. The molecule has 3 aromatic rings. The minimum atomic E-state index is -0.442. The van der Waals surface area contributed by atoms with Crippen molar-refractivity contribution >= 4 is 45.1 Å². The molecule has 1 aliphatic rings. The van der Waals surface area contributed by atoms with Crippen molar-refractivity contribution in [1.82, 2.24) is 14.7 Å². The van der Waals surface area contributed by atoms with Crippen LogP contribution in [0, 0.1) is 6.92 Å². The van der Waals surface area contributed by atoms with Crippen molar-refractivity contribution in [1.29, 1.82) is 0 Å². The van der Waals surface area contributed by atoms with Gasteiger partial charge in [0.15, 0.2) is 5.16 Å². The molecule has 0 fully saturated rings. The molecule has 1 N–H and O–H groups in total. The molecule has 4 rings (SSSR count). The first kappa shape index (κ1) is 17.3. The largest absolute Gasteiger partial charge is 0.338 e. The normalized spacial score (nSPS) is 14.6. The van der Waals surface area contributed by atoms with Gasteiger partial charge in [-0.3, -0.25) is 19.5 Å². The van der Waals surface area contributed by atoms with E-state index < -0.39 is 5.25 Å². The minimum absolute atomic E-state index is 0.0321. The first-order valence-corrected chi connectivity index (χ1v) is 10.1.